The summed E-state index contributed by atoms with van der Waals surface area (Å²) in [7, 11) is 0. The molecule has 150 valence electrons. The third kappa shape index (κ3) is 3.78. The average molecular weight is 421 g/mol. The smallest absolute Gasteiger partial charge is 0.335 e. The van der Waals surface area contributed by atoms with Crippen molar-refractivity contribution < 1.29 is 19.1 Å². The van der Waals surface area contributed by atoms with Crippen molar-refractivity contribution in [2.75, 3.05) is 5.73 Å². The molecule has 0 radical (unpaired) electrons. The first-order chi connectivity index (χ1) is 14.6. The third-order valence-electron chi connectivity index (χ3n) is 4.42. The summed E-state index contributed by atoms with van der Waals surface area (Å²) in [6.45, 7) is -0.0586. The van der Waals surface area contributed by atoms with Crippen molar-refractivity contribution >= 4 is 28.7 Å². The lowest BCUT2D eigenvalue weighted by Crippen LogP contribution is -2.04. The van der Waals surface area contributed by atoms with E-state index >= 15 is 0 Å². The molecule has 3 heterocycles. The molecule has 30 heavy (non-hydrogen) atoms. The number of rotatable bonds is 7. The number of carboxylic acids is 1. The van der Waals surface area contributed by atoms with Gasteiger partial charge in [-0.15, -0.1) is 16.2 Å². The van der Waals surface area contributed by atoms with Gasteiger partial charge in [0.2, 0.25) is 5.88 Å². The van der Waals surface area contributed by atoms with Gasteiger partial charge in [0.1, 0.15) is 18.0 Å². The number of hydrogen-bond acceptors (Lipinski definition) is 8. The van der Waals surface area contributed by atoms with Crippen LogP contribution in [-0.2, 0) is 6.61 Å². The molecule has 0 spiro atoms. The van der Waals surface area contributed by atoms with Gasteiger partial charge in [0.05, 0.1) is 28.7 Å². The Hall–Kier alpha value is -3.98. The SMILES string of the molecule is Nc1c(-c2ccoc2)cc(-c2cccs2)nc1OCc1ccc(C(=O)O)cc1N=O. The number of nitroso groups, excluding NO2 is 1. The Balaban J connectivity index is 1.71. The summed E-state index contributed by atoms with van der Waals surface area (Å²) < 4.78 is 11.0. The van der Waals surface area contributed by atoms with E-state index in [0.29, 0.717) is 22.5 Å². The molecule has 1 aromatic carbocycles. The van der Waals surface area contributed by atoms with E-state index in [1.165, 1.54) is 29.5 Å². The number of aromatic nitrogens is 1. The Bertz CT molecular complexity index is 1200. The normalized spacial score (nSPS) is 10.7. The van der Waals surface area contributed by atoms with E-state index in [9.17, 15) is 9.70 Å². The zero-order valence-corrected chi connectivity index (χ0v) is 16.3. The van der Waals surface area contributed by atoms with Crippen molar-refractivity contribution in [3.05, 3.63) is 76.4 Å². The highest BCUT2D eigenvalue weighted by atomic mass is 32.1. The van der Waals surface area contributed by atoms with Gasteiger partial charge in [-0.3, -0.25) is 0 Å². The summed E-state index contributed by atoms with van der Waals surface area (Å²) in [5.74, 6) is -0.956. The number of aromatic carboxylic acids is 1. The highest BCUT2D eigenvalue weighted by Crippen LogP contribution is 2.37. The summed E-state index contributed by atoms with van der Waals surface area (Å²) in [4.78, 5) is 27.7. The van der Waals surface area contributed by atoms with E-state index in [1.807, 2.05) is 23.6 Å². The number of furan rings is 1. The molecule has 0 atom stereocenters. The third-order valence-corrected chi connectivity index (χ3v) is 5.32. The van der Waals surface area contributed by atoms with Crippen molar-refractivity contribution in [1.82, 2.24) is 4.98 Å². The molecular weight excluding hydrogens is 406 g/mol. The van der Waals surface area contributed by atoms with Gasteiger partial charge in [-0.25, -0.2) is 9.78 Å². The standard InChI is InChI=1S/C21H15N3O5S/c22-19-15(13-5-6-28-10-13)9-17(18-2-1-7-30-18)23-20(19)29-11-14-4-3-12(21(25)26)8-16(14)24-27/h1-10H,11,22H2,(H,25,26). The van der Waals surface area contributed by atoms with Crippen molar-refractivity contribution in [2.45, 2.75) is 6.61 Å². The molecule has 0 fully saturated rings. The fourth-order valence-electron chi connectivity index (χ4n) is 2.90. The number of ether oxygens (including phenoxy) is 1. The highest BCUT2D eigenvalue weighted by molar-refractivity contribution is 7.13. The van der Waals surface area contributed by atoms with E-state index in [1.54, 1.807) is 18.6 Å². The quantitative estimate of drug-likeness (QED) is 0.386. The fraction of sp³-hybridized carbons (Fsp3) is 0.0476. The second-order valence-electron chi connectivity index (χ2n) is 6.29. The minimum absolute atomic E-state index is 0.0158. The summed E-state index contributed by atoms with van der Waals surface area (Å²) in [6.07, 6.45) is 3.12. The maximum atomic E-state index is 11.2. The van der Waals surface area contributed by atoms with Crippen LogP contribution in [0.3, 0.4) is 0 Å². The number of thiophene rings is 1. The molecule has 4 aromatic rings. The lowest BCUT2D eigenvalue weighted by atomic mass is 10.1. The van der Waals surface area contributed by atoms with Crippen LogP contribution in [0.1, 0.15) is 15.9 Å². The van der Waals surface area contributed by atoms with E-state index in [-0.39, 0.29) is 23.7 Å². The second kappa shape index (κ2) is 8.18. The Labute approximate surface area is 174 Å². The minimum atomic E-state index is -1.15. The summed E-state index contributed by atoms with van der Waals surface area (Å²) >= 11 is 1.53. The second-order valence-corrected chi connectivity index (χ2v) is 7.24. The number of carboxylic acid groups (broad SMARTS) is 1. The van der Waals surface area contributed by atoms with E-state index in [4.69, 9.17) is 20.0 Å². The number of anilines is 1. The van der Waals surface area contributed by atoms with Crippen LogP contribution < -0.4 is 10.5 Å². The van der Waals surface area contributed by atoms with Crippen molar-refractivity contribution in [2.24, 2.45) is 5.18 Å². The molecule has 0 aliphatic carbocycles. The fourth-order valence-corrected chi connectivity index (χ4v) is 3.58. The molecule has 0 unspecified atom stereocenters. The number of benzene rings is 1. The van der Waals surface area contributed by atoms with Crippen LogP contribution in [0.15, 0.2) is 70.0 Å². The molecule has 0 amide bonds. The Kier molecular flexibility index (Phi) is 5.27. The van der Waals surface area contributed by atoms with E-state index < -0.39 is 5.97 Å². The Morgan fingerprint density at radius 2 is 2.13 bits per heavy atom. The maximum absolute atomic E-state index is 11.2. The molecule has 0 bridgehead atoms. The Morgan fingerprint density at radius 3 is 2.80 bits per heavy atom. The summed E-state index contributed by atoms with van der Waals surface area (Å²) in [6, 6.07) is 11.6. The van der Waals surface area contributed by atoms with Gasteiger partial charge in [0.25, 0.3) is 0 Å². The largest absolute Gasteiger partial charge is 0.478 e. The molecule has 0 aliphatic rings. The van der Waals surface area contributed by atoms with E-state index in [0.717, 1.165) is 10.4 Å². The number of nitrogens with two attached hydrogens (primary N) is 1. The first-order valence-electron chi connectivity index (χ1n) is 8.76. The van der Waals surface area contributed by atoms with Crippen LogP contribution in [0, 0.1) is 4.91 Å². The molecule has 0 saturated heterocycles. The van der Waals surface area contributed by atoms with Crippen LogP contribution in [0.2, 0.25) is 0 Å². The van der Waals surface area contributed by atoms with Crippen molar-refractivity contribution in [3.63, 3.8) is 0 Å². The topological polar surface area (TPSA) is 128 Å². The first-order valence-corrected chi connectivity index (χ1v) is 9.64. The molecule has 9 heteroatoms. The average Bonchev–Trinajstić information content (AvgIpc) is 3.47. The number of carbonyl (C=O) groups is 1. The van der Waals surface area contributed by atoms with Gasteiger partial charge < -0.3 is 20.0 Å². The van der Waals surface area contributed by atoms with Gasteiger partial charge in [-0.1, -0.05) is 12.1 Å². The van der Waals surface area contributed by atoms with Crippen LogP contribution >= 0.6 is 11.3 Å². The lowest BCUT2D eigenvalue weighted by molar-refractivity contribution is 0.0697. The van der Waals surface area contributed by atoms with Crippen LogP contribution in [0.5, 0.6) is 5.88 Å². The number of nitrogen functional groups attached to an aromatic ring is 1. The van der Waals surface area contributed by atoms with Crippen LogP contribution in [0.25, 0.3) is 21.7 Å². The lowest BCUT2D eigenvalue weighted by Gasteiger charge is -2.13. The van der Waals surface area contributed by atoms with Gasteiger partial charge in [0.15, 0.2) is 0 Å². The predicted molar refractivity (Wildman–Crippen MR) is 113 cm³/mol. The van der Waals surface area contributed by atoms with Gasteiger partial charge >= 0.3 is 5.97 Å². The van der Waals surface area contributed by atoms with Gasteiger partial charge in [0, 0.05) is 16.7 Å². The van der Waals surface area contributed by atoms with Gasteiger partial charge in [-0.05, 0) is 40.9 Å². The van der Waals surface area contributed by atoms with E-state index in [2.05, 4.69) is 10.2 Å². The Morgan fingerprint density at radius 1 is 1.27 bits per heavy atom. The minimum Gasteiger partial charge on any atom is -0.478 e. The monoisotopic (exact) mass is 421 g/mol. The van der Waals surface area contributed by atoms with Gasteiger partial charge in [-0.2, -0.15) is 0 Å². The molecule has 0 saturated carbocycles. The molecule has 3 N–H and O–H groups in total. The number of pyridine rings is 1. The zero-order valence-electron chi connectivity index (χ0n) is 15.4. The molecule has 8 nitrogen and oxygen atoms in total. The summed E-state index contributed by atoms with van der Waals surface area (Å²) in [5, 5.41) is 13.9. The molecule has 0 aliphatic heterocycles. The molecular formula is C21H15N3O5S. The number of hydrogen-bond donors (Lipinski definition) is 2. The van der Waals surface area contributed by atoms with Crippen LogP contribution in [-0.4, -0.2) is 16.1 Å². The molecule has 3 aromatic heterocycles. The highest BCUT2D eigenvalue weighted by Gasteiger charge is 2.17. The zero-order chi connectivity index (χ0) is 21.1. The maximum Gasteiger partial charge on any atom is 0.335 e. The van der Waals surface area contributed by atoms with Crippen molar-refractivity contribution in [1.29, 1.82) is 0 Å². The van der Waals surface area contributed by atoms with Crippen molar-refractivity contribution in [3.8, 4) is 27.6 Å². The van der Waals surface area contributed by atoms with Crippen LogP contribution in [0.4, 0.5) is 11.4 Å². The number of nitrogens with zero attached hydrogens (tertiary/aromatic N) is 2. The predicted octanol–water partition coefficient (Wildman–Crippen LogP) is 5.33. The summed E-state index contributed by atoms with van der Waals surface area (Å²) in [5.41, 5.74) is 9.15. The first kappa shape index (κ1) is 19.3. The molecule has 4 rings (SSSR count).